The number of rotatable bonds is 4. The van der Waals surface area contributed by atoms with Crippen LogP contribution in [0.25, 0.3) is 0 Å². The van der Waals surface area contributed by atoms with Crippen LogP contribution in [0.15, 0.2) is 12.1 Å². The third-order valence-corrected chi connectivity index (χ3v) is 2.54. The monoisotopic (exact) mass is 229 g/mol. The molecule has 4 heteroatoms. The summed E-state index contributed by atoms with van der Waals surface area (Å²) in [6.07, 6.45) is -0.243. The molecule has 16 heavy (non-hydrogen) atoms. The molecule has 1 atom stereocenters. The summed E-state index contributed by atoms with van der Waals surface area (Å²) in [7, 11) is 0. The Hall–Kier alpha value is -1.16. The van der Waals surface area contributed by atoms with Crippen molar-refractivity contribution in [3.8, 4) is 5.75 Å². The van der Waals surface area contributed by atoms with E-state index in [-0.39, 0.29) is 24.3 Å². The fourth-order valence-electron chi connectivity index (χ4n) is 1.16. The van der Waals surface area contributed by atoms with Crippen LogP contribution in [0.5, 0.6) is 5.75 Å². The van der Waals surface area contributed by atoms with E-state index in [1.165, 1.54) is 12.1 Å². The van der Waals surface area contributed by atoms with Crippen molar-refractivity contribution >= 4 is 0 Å². The van der Waals surface area contributed by atoms with E-state index in [1.54, 1.807) is 6.92 Å². The van der Waals surface area contributed by atoms with Crippen molar-refractivity contribution < 1.29 is 13.5 Å². The molecule has 0 fully saturated rings. The largest absolute Gasteiger partial charge is 0.484 e. The maximum Gasteiger partial charge on any atom is 0.191 e. The first-order valence-electron chi connectivity index (χ1n) is 5.30. The first kappa shape index (κ1) is 12.9. The normalized spacial score (nSPS) is 12.9. The van der Waals surface area contributed by atoms with Gasteiger partial charge in [-0.05, 0) is 30.5 Å². The lowest BCUT2D eigenvalue weighted by Gasteiger charge is -2.19. The molecule has 0 aliphatic carbocycles. The van der Waals surface area contributed by atoms with Crippen molar-refractivity contribution in [3.05, 3.63) is 29.3 Å². The van der Waals surface area contributed by atoms with Gasteiger partial charge in [0.2, 0.25) is 0 Å². The first-order valence-corrected chi connectivity index (χ1v) is 5.30. The molecule has 90 valence electrons. The minimum Gasteiger partial charge on any atom is -0.484 e. The molecule has 0 radical (unpaired) electrons. The van der Waals surface area contributed by atoms with Gasteiger partial charge < -0.3 is 10.5 Å². The van der Waals surface area contributed by atoms with Gasteiger partial charge in [-0.15, -0.1) is 0 Å². The molecule has 0 amide bonds. The summed E-state index contributed by atoms with van der Waals surface area (Å²) in [6, 6.07) is 2.40. The standard InChI is InChI=1S/C12H17F2NO/c1-7(2)8(3)16-12-10(13)4-9(6-15)5-11(12)14/h4-5,7-8H,6,15H2,1-3H3. The zero-order valence-electron chi connectivity index (χ0n) is 9.76. The summed E-state index contributed by atoms with van der Waals surface area (Å²) in [5, 5.41) is 0. The van der Waals surface area contributed by atoms with Crippen LogP contribution in [0, 0.1) is 17.6 Å². The highest BCUT2D eigenvalue weighted by Crippen LogP contribution is 2.25. The highest BCUT2D eigenvalue weighted by molar-refractivity contribution is 5.31. The molecule has 2 nitrogen and oxygen atoms in total. The third kappa shape index (κ3) is 2.92. The fraction of sp³-hybridized carbons (Fsp3) is 0.500. The smallest absolute Gasteiger partial charge is 0.191 e. The summed E-state index contributed by atoms with van der Waals surface area (Å²) in [4.78, 5) is 0. The molecular weight excluding hydrogens is 212 g/mol. The second-order valence-corrected chi connectivity index (χ2v) is 4.16. The molecule has 2 N–H and O–H groups in total. The number of ether oxygens (including phenoxy) is 1. The Morgan fingerprint density at radius 3 is 2.06 bits per heavy atom. The maximum absolute atomic E-state index is 13.5. The third-order valence-electron chi connectivity index (χ3n) is 2.54. The number of hydrogen-bond donors (Lipinski definition) is 1. The van der Waals surface area contributed by atoms with Crippen LogP contribution in [0.2, 0.25) is 0 Å². The second-order valence-electron chi connectivity index (χ2n) is 4.16. The molecule has 0 aliphatic rings. The van der Waals surface area contributed by atoms with Crippen LogP contribution in [0.1, 0.15) is 26.3 Å². The Morgan fingerprint density at radius 1 is 1.19 bits per heavy atom. The summed E-state index contributed by atoms with van der Waals surface area (Å²) >= 11 is 0. The fourth-order valence-corrected chi connectivity index (χ4v) is 1.16. The minimum absolute atomic E-state index is 0.105. The molecule has 1 unspecified atom stereocenters. The molecular formula is C12H17F2NO. The van der Waals surface area contributed by atoms with Gasteiger partial charge in [-0.1, -0.05) is 13.8 Å². The van der Waals surface area contributed by atoms with Gasteiger partial charge in [0, 0.05) is 6.54 Å². The molecule has 1 aromatic carbocycles. The average Bonchev–Trinajstić information content (AvgIpc) is 2.22. The maximum atomic E-state index is 13.5. The lowest BCUT2D eigenvalue weighted by molar-refractivity contribution is 0.155. The second kappa shape index (κ2) is 5.25. The molecule has 0 saturated carbocycles. The molecule has 1 rings (SSSR count). The zero-order valence-corrected chi connectivity index (χ0v) is 9.76. The minimum atomic E-state index is -0.701. The highest BCUT2D eigenvalue weighted by Gasteiger charge is 2.16. The van der Waals surface area contributed by atoms with Crippen molar-refractivity contribution in [2.45, 2.75) is 33.4 Å². The van der Waals surface area contributed by atoms with E-state index in [2.05, 4.69) is 0 Å². The van der Waals surface area contributed by atoms with Gasteiger partial charge in [0.25, 0.3) is 0 Å². The van der Waals surface area contributed by atoms with Crippen LogP contribution >= 0.6 is 0 Å². The van der Waals surface area contributed by atoms with Gasteiger partial charge in [0.05, 0.1) is 6.10 Å². The van der Waals surface area contributed by atoms with Gasteiger partial charge in [0.15, 0.2) is 17.4 Å². The Labute approximate surface area is 94.4 Å². The first-order chi connectivity index (χ1) is 7.45. The van der Waals surface area contributed by atoms with Crippen molar-refractivity contribution in [2.24, 2.45) is 11.7 Å². The quantitative estimate of drug-likeness (QED) is 0.861. The van der Waals surface area contributed by atoms with E-state index in [0.717, 1.165) is 0 Å². The van der Waals surface area contributed by atoms with Crippen LogP contribution < -0.4 is 10.5 Å². The van der Waals surface area contributed by atoms with Gasteiger partial charge >= 0.3 is 0 Å². The number of nitrogens with two attached hydrogens (primary N) is 1. The lowest BCUT2D eigenvalue weighted by Crippen LogP contribution is -2.20. The molecule has 0 bridgehead atoms. The van der Waals surface area contributed by atoms with E-state index in [4.69, 9.17) is 10.5 Å². The Balaban J connectivity index is 2.96. The van der Waals surface area contributed by atoms with E-state index < -0.39 is 11.6 Å². The number of hydrogen-bond acceptors (Lipinski definition) is 2. The average molecular weight is 229 g/mol. The summed E-state index contributed by atoms with van der Waals surface area (Å²) in [6.45, 7) is 5.73. The molecule has 0 aromatic heterocycles. The molecule has 1 aromatic rings. The SMILES string of the molecule is CC(C)C(C)Oc1c(F)cc(CN)cc1F. The topological polar surface area (TPSA) is 35.2 Å². The highest BCUT2D eigenvalue weighted by atomic mass is 19.1. The lowest BCUT2D eigenvalue weighted by atomic mass is 10.1. The Morgan fingerprint density at radius 2 is 1.69 bits per heavy atom. The zero-order chi connectivity index (χ0) is 12.3. The van der Waals surface area contributed by atoms with E-state index in [0.29, 0.717) is 5.56 Å². The van der Waals surface area contributed by atoms with Gasteiger partial charge in [-0.25, -0.2) is 8.78 Å². The Kier molecular flexibility index (Phi) is 4.24. The molecule has 0 aliphatic heterocycles. The van der Waals surface area contributed by atoms with Crippen molar-refractivity contribution in [1.82, 2.24) is 0 Å². The Bertz CT molecular complexity index is 343. The molecule has 0 saturated heterocycles. The van der Waals surface area contributed by atoms with Gasteiger partial charge in [0.1, 0.15) is 0 Å². The molecule has 0 spiro atoms. The van der Waals surface area contributed by atoms with Crippen LogP contribution in [-0.2, 0) is 6.54 Å². The molecule has 0 heterocycles. The number of halogens is 2. The van der Waals surface area contributed by atoms with E-state index >= 15 is 0 Å². The van der Waals surface area contributed by atoms with Gasteiger partial charge in [-0.2, -0.15) is 0 Å². The van der Waals surface area contributed by atoms with Crippen LogP contribution in [-0.4, -0.2) is 6.10 Å². The summed E-state index contributed by atoms with van der Waals surface area (Å²) in [5.41, 5.74) is 5.73. The predicted molar refractivity (Wildman–Crippen MR) is 59.2 cm³/mol. The van der Waals surface area contributed by atoms with E-state index in [9.17, 15) is 8.78 Å². The summed E-state index contributed by atoms with van der Waals surface area (Å²) in [5.74, 6) is -1.53. The van der Waals surface area contributed by atoms with Gasteiger partial charge in [-0.3, -0.25) is 0 Å². The predicted octanol–water partition coefficient (Wildman–Crippen LogP) is 2.85. The number of benzene rings is 1. The van der Waals surface area contributed by atoms with Crippen LogP contribution in [0.4, 0.5) is 8.78 Å². The van der Waals surface area contributed by atoms with Crippen molar-refractivity contribution in [1.29, 1.82) is 0 Å². The van der Waals surface area contributed by atoms with Crippen LogP contribution in [0.3, 0.4) is 0 Å². The summed E-state index contributed by atoms with van der Waals surface area (Å²) < 4.78 is 32.2. The van der Waals surface area contributed by atoms with E-state index in [1.807, 2.05) is 13.8 Å². The van der Waals surface area contributed by atoms with Crippen molar-refractivity contribution in [2.75, 3.05) is 0 Å². The van der Waals surface area contributed by atoms with Crippen molar-refractivity contribution in [3.63, 3.8) is 0 Å².